The van der Waals surface area contributed by atoms with Crippen molar-refractivity contribution in [3.63, 3.8) is 0 Å². The predicted molar refractivity (Wildman–Crippen MR) is 54.6 cm³/mol. The second-order valence-electron chi connectivity index (χ2n) is 3.31. The summed E-state index contributed by atoms with van der Waals surface area (Å²) >= 11 is 0. The molecular weight excluding hydrogens is 196 g/mol. The molecule has 0 aromatic carbocycles. The molecule has 84 valence electrons. The van der Waals surface area contributed by atoms with Crippen LogP contribution in [-0.4, -0.2) is 32.6 Å². The van der Waals surface area contributed by atoms with Crippen LogP contribution in [0.3, 0.4) is 0 Å². The maximum atomic E-state index is 10.8. The first-order valence-electron chi connectivity index (χ1n) is 5.06. The van der Waals surface area contributed by atoms with Crippen LogP contribution < -0.4 is 5.73 Å². The van der Waals surface area contributed by atoms with Crippen molar-refractivity contribution in [2.24, 2.45) is 5.73 Å². The minimum absolute atomic E-state index is 0.0246. The quantitative estimate of drug-likeness (QED) is 0.706. The maximum Gasteiger partial charge on any atom is 0.358 e. The molecule has 0 aliphatic rings. The van der Waals surface area contributed by atoms with Gasteiger partial charge < -0.3 is 10.8 Å². The molecule has 1 aromatic rings. The number of unbranched alkanes of at least 4 members (excludes halogenated alkanes) is 1. The van der Waals surface area contributed by atoms with E-state index in [-0.39, 0.29) is 5.69 Å². The Morgan fingerprint density at radius 3 is 2.87 bits per heavy atom. The van der Waals surface area contributed by atoms with E-state index in [0.717, 1.165) is 12.8 Å². The van der Waals surface area contributed by atoms with E-state index in [4.69, 9.17) is 10.8 Å². The number of carboxylic acids is 1. The lowest BCUT2D eigenvalue weighted by atomic mass is 10.2. The van der Waals surface area contributed by atoms with Crippen molar-refractivity contribution in [2.45, 2.75) is 32.7 Å². The van der Waals surface area contributed by atoms with Gasteiger partial charge in [-0.1, -0.05) is 18.6 Å². The standard InChI is InChI=1S/C9H16N4O2/c1-2-3-6-13-7(4-5-10)8(9(14)15)11-12-13/h2-6,10H2,1H3,(H,14,15). The highest BCUT2D eigenvalue weighted by Crippen LogP contribution is 2.07. The van der Waals surface area contributed by atoms with Crippen LogP contribution in [0.15, 0.2) is 0 Å². The van der Waals surface area contributed by atoms with Crippen LogP contribution in [0.1, 0.15) is 35.9 Å². The van der Waals surface area contributed by atoms with E-state index in [1.54, 1.807) is 4.68 Å². The molecule has 1 rings (SSSR count). The third-order valence-electron chi connectivity index (χ3n) is 2.14. The monoisotopic (exact) mass is 212 g/mol. The van der Waals surface area contributed by atoms with Gasteiger partial charge >= 0.3 is 5.97 Å². The van der Waals surface area contributed by atoms with Gasteiger partial charge in [-0.25, -0.2) is 9.48 Å². The van der Waals surface area contributed by atoms with Crippen LogP contribution >= 0.6 is 0 Å². The van der Waals surface area contributed by atoms with E-state index in [9.17, 15) is 4.79 Å². The fraction of sp³-hybridized carbons (Fsp3) is 0.667. The van der Waals surface area contributed by atoms with Gasteiger partial charge in [0.05, 0.1) is 5.69 Å². The Morgan fingerprint density at radius 1 is 1.60 bits per heavy atom. The summed E-state index contributed by atoms with van der Waals surface area (Å²) in [6, 6.07) is 0. The van der Waals surface area contributed by atoms with Crippen molar-refractivity contribution in [3.8, 4) is 0 Å². The molecule has 0 spiro atoms. The van der Waals surface area contributed by atoms with E-state index in [0.29, 0.717) is 25.2 Å². The van der Waals surface area contributed by atoms with E-state index < -0.39 is 5.97 Å². The molecule has 0 radical (unpaired) electrons. The number of hydrogen-bond donors (Lipinski definition) is 2. The van der Waals surface area contributed by atoms with Gasteiger partial charge in [0.25, 0.3) is 0 Å². The molecule has 3 N–H and O–H groups in total. The van der Waals surface area contributed by atoms with E-state index in [1.807, 2.05) is 0 Å². The summed E-state index contributed by atoms with van der Waals surface area (Å²) < 4.78 is 1.64. The molecule has 6 heteroatoms. The topological polar surface area (TPSA) is 94.0 Å². The molecule has 0 saturated carbocycles. The van der Waals surface area contributed by atoms with Crippen LogP contribution in [0.25, 0.3) is 0 Å². The fourth-order valence-corrected chi connectivity index (χ4v) is 1.37. The van der Waals surface area contributed by atoms with Gasteiger partial charge in [0.1, 0.15) is 0 Å². The Morgan fingerprint density at radius 2 is 2.33 bits per heavy atom. The Labute approximate surface area is 88.1 Å². The fourth-order valence-electron chi connectivity index (χ4n) is 1.37. The highest BCUT2D eigenvalue weighted by atomic mass is 16.4. The summed E-state index contributed by atoms with van der Waals surface area (Å²) in [5.41, 5.74) is 6.07. The molecule has 0 unspecified atom stereocenters. The predicted octanol–water partition coefficient (Wildman–Crippen LogP) is 0.278. The first-order chi connectivity index (χ1) is 7.20. The number of nitrogens with zero attached hydrogens (tertiary/aromatic N) is 3. The van der Waals surface area contributed by atoms with Crippen molar-refractivity contribution in [1.82, 2.24) is 15.0 Å². The SMILES string of the molecule is CCCCn1nnc(C(=O)O)c1CCN. The van der Waals surface area contributed by atoms with Gasteiger partial charge in [0.15, 0.2) is 5.69 Å². The molecule has 0 fully saturated rings. The molecule has 6 nitrogen and oxygen atoms in total. The van der Waals surface area contributed by atoms with Gasteiger partial charge in [-0.15, -0.1) is 5.10 Å². The molecule has 0 bridgehead atoms. The van der Waals surface area contributed by atoms with Crippen LogP contribution in [0.2, 0.25) is 0 Å². The zero-order valence-electron chi connectivity index (χ0n) is 8.81. The normalized spacial score (nSPS) is 10.5. The third kappa shape index (κ3) is 2.76. The van der Waals surface area contributed by atoms with E-state index in [1.165, 1.54) is 0 Å². The van der Waals surface area contributed by atoms with Crippen molar-refractivity contribution in [1.29, 1.82) is 0 Å². The highest BCUT2D eigenvalue weighted by Gasteiger charge is 2.17. The third-order valence-corrected chi connectivity index (χ3v) is 2.14. The second-order valence-corrected chi connectivity index (χ2v) is 3.31. The average Bonchev–Trinajstić information content (AvgIpc) is 2.59. The molecule has 1 aromatic heterocycles. The zero-order valence-corrected chi connectivity index (χ0v) is 8.81. The van der Waals surface area contributed by atoms with Crippen LogP contribution in [-0.2, 0) is 13.0 Å². The summed E-state index contributed by atoms with van der Waals surface area (Å²) in [5, 5.41) is 16.3. The lowest BCUT2D eigenvalue weighted by Crippen LogP contribution is -2.13. The molecule has 0 atom stereocenters. The summed E-state index contributed by atoms with van der Waals surface area (Å²) in [6.07, 6.45) is 2.49. The smallest absolute Gasteiger partial charge is 0.358 e. The number of rotatable bonds is 6. The van der Waals surface area contributed by atoms with Gasteiger partial charge in [-0.2, -0.15) is 0 Å². The van der Waals surface area contributed by atoms with Crippen molar-refractivity contribution >= 4 is 5.97 Å². The van der Waals surface area contributed by atoms with Crippen molar-refractivity contribution in [3.05, 3.63) is 11.4 Å². The number of nitrogens with two attached hydrogens (primary N) is 1. The lowest BCUT2D eigenvalue weighted by Gasteiger charge is -2.04. The van der Waals surface area contributed by atoms with Gasteiger partial charge in [0.2, 0.25) is 0 Å². The molecule has 15 heavy (non-hydrogen) atoms. The summed E-state index contributed by atoms with van der Waals surface area (Å²) in [7, 11) is 0. The Hall–Kier alpha value is -1.43. The first-order valence-corrected chi connectivity index (χ1v) is 5.06. The lowest BCUT2D eigenvalue weighted by molar-refractivity contribution is 0.0689. The largest absolute Gasteiger partial charge is 0.476 e. The number of aryl methyl sites for hydroxylation is 1. The maximum absolute atomic E-state index is 10.8. The summed E-state index contributed by atoms with van der Waals surface area (Å²) in [6.45, 7) is 3.17. The molecule has 1 heterocycles. The first kappa shape index (κ1) is 11.6. The number of aromatic nitrogens is 3. The summed E-state index contributed by atoms with van der Waals surface area (Å²) in [4.78, 5) is 10.8. The van der Waals surface area contributed by atoms with Gasteiger partial charge in [0, 0.05) is 13.0 Å². The molecule has 0 aliphatic carbocycles. The van der Waals surface area contributed by atoms with Crippen LogP contribution in [0.4, 0.5) is 0 Å². The second kappa shape index (κ2) is 5.45. The molecule has 0 amide bonds. The number of carbonyl (C=O) groups is 1. The minimum atomic E-state index is -1.04. The van der Waals surface area contributed by atoms with Gasteiger partial charge in [-0.3, -0.25) is 0 Å². The van der Waals surface area contributed by atoms with Gasteiger partial charge in [-0.05, 0) is 13.0 Å². The average molecular weight is 212 g/mol. The number of aromatic carboxylic acids is 1. The molecule has 0 aliphatic heterocycles. The molecular formula is C9H16N4O2. The van der Waals surface area contributed by atoms with Crippen molar-refractivity contribution < 1.29 is 9.90 Å². The summed E-state index contributed by atoms with van der Waals surface area (Å²) in [5.74, 6) is -1.04. The van der Waals surface area contributed by atoms with E-state index in [2.05, 4.69) is 17.2 Å². The van der Waals surface area contributed by atoms with Crippen LogP contribution in [0.5, 0.6) is 0 Å². The van der Waals surface area contributed by atoms with E-state index >= 15 is 0 Å². The molecule has 0 saturated heterocycles. The highest BCUT2D eigenvalue weighted by molar-refractivity contribution is 5.86. The Balaban J connectivity index is 2.90. The minimum Gasteiger partial charge on any atom is -0.476 e. The Kier molecular flexibility index (Phi) is 4.23. The zero-order chi connectivity index (χ0) is 11.3. The van der Waals surface area contributed by atoms with Crippen LogP contribution in [0, 0.1) is 0 Å². The number of hydrogen-bond acceptors (Lipinski definition) is 4. The number of carboxylic acid groups (broad SMARTS) is 1. The van der Waals surface area contributed by atoms with Crippen molar-refractivity contribution in [2.75, 3.05) is 6.54 Å². The Bertz CT molecular complexity index is 335.